The number of hydrogen-bond donors (Lipinski definition) is 2. The van der Waals surface area contributed by atoms with Crippen molar-refractivity contribution in [2.75, 3.05) is 18.8 Å². The van der Waals surface area contributed by atoms with Crippen molar-refractivity contribution in [3.8, 4) is 22.5 Å². The number of nitrogen functional groups attached to an aromatic ring is 1. The Morgan fingerprint density at radius 1 is 1.11 bits per heavy atom. The molecule has 8 nitrogen and oxygen atoms in total. The van der Waals surface area contributed by atoms with Gasteiger partial charge in [0.15, 0.2) is 5.65 Å². The van der Waals surface area contributed by atoms with Crippen LogP contribution in [-0.2, 0) is 0 Å². The van der Waals surface area contributed by atoms with Crippen molar-refractivity contribution in [2.45, 2.75) is 18.9 Å². The highest BCUT2D eigenvalue weighted by Crippen LogP contribution is 2.34. The van der Waals surface area contributed by atoms with Crippen LogP contribution >= 0.6 is 0 Å². The van der Waals surface area contributed by atoms with Crippen LogP contribution < -0.4 is 11.1 Å². The molecule has 0 saturated carbocycles. The molecule has 1 radical (unpaired) electrons. The Bertz CT molecular complexity index is 1060. The van der Waals surface area contributed by atoms with E-state index in [2.05, 4.69) is 26.7 Å². The second-order valence-electron chi connectivity index (χ2n) is 6.64. The molecule has 5 rings (SSSR count). The largest absolute Gasteiger partial charge is 0.383 e. The fourth-order valence-corrected chi connectivity index (χ4v) is 3.62. The summed E-state index contributed by atoms with van der Waals surface area (Å²) in [7, 11) is 0. The van der Waals surface area contributed by atoms with Crippen LogP contribution in [0.4, 0.5) is 5.82 Å². The molecule has 27 heavy (non-hydrogen) atoms. The van der Waals surface area contributed by atoms with Gasteiger partial charge >= 0.3 is 0 Å². The minimum Gasteiger partial charge on any atom is -0.383 e. The monoisotopic (exact) mass is 360 g/mol. The Kier molecular flexibility index (Phi) is 3.83. The number of piperidine rings is 1. The minimum atomic E-state index is 0.307. The molecule has 3 aromatic heterocycles. The lowest BCUT2D eigenvalue weighted by molar-refractivity contribution is 0.350. The highest BCUT2D eigenvalue weighted by Gasteiger charge is 2.23. The lowest BCUT2D eigenvalue weighted by Crippen LogP contribution is -2.30. The molecule has 4 heterocycles. The van der Waals surface area contributed by atoms with Crippen LogP contribution in [0.1, 0.15) is 18.9 Å². The van der Waals surface area contributed by atoms with Crippen molar-refractivity contribution in [2.24, 2.45) is 0 Å². The summed E-state index contributed by atoms with van der Waals surface area (Å²) in [6.45, 7) is 1.96. The van der Waals surface area contributed by atoms with E-state index in [4.69, 9.17) is 15.4 Å². The first-order valence-corrected chi connectivity index (χ1v) is 8.94. The van der Waals surface area contributed by atoms with E-state index in [9.17, 15) is 0 Å². The Morgan fingerprint density at radius 2 is 1.89 bits per heavy atom. The van der Waals surface area contributed by atoms with Crippen LogP contribution in [0.15, 0.2) is 41.2 Å². The standard InChI is InChI=1S/C19H18N7O/c20-18-16-17(13-3-1-12(2-4-13)15-7-10-27-25-15)24-26(19(16)23-11-22-18)14-5-8-21-9-6-14/h1-4,7,11,14,21H,5-6,8-9H2,(H2,20,22,23). The Labute approximate surface area is 155 Å². The fourth-order valence-electron chi connectivity index (χ4n) is 3.62. The zero-order valence-corrected chi connectivity index (χ0v) is 14.6. The molecule has 1 aliphatic heterocycles. The number of fused-ring (bicyclic) bond motifs is 1. The summed E-state index contributed by atoms with van der Waals surface area (Å²) >= 11 is 0. The van der Waals surface area contributed by atoms with Gasteiger partial charge in [-0.3, -0.25) is 0 Å². The lowest BCUT2D eigenvalue weighted by atomic mass is 10.1. The summed E-state index contributed by atoms with van der Waals surface area (Å²) in [6, 6.07) is 9.99. The lowest BCUT2D eigenvalue weighted by Gasteiger charge is -2.23. The smallest absolute Gasteiger partial charge is 0.205 e. The number of hydrogen-bond acceptors (Lipinski definition) is 7. The van der Waals surface area contributed by atoms with E-state index in [-0.39, 0.29) is 0 Å². The maximum Gasteiger partial charge on any atom is 0.205 e. The molecule has 0 atom stereocenters. The summed E-state index contributed by atoms with van der Waals surface area (Å²) in [5.74, 6) is 0.449. The number of benzene rings is 1. The fraction of sp³-hybridized carbons (Fsp3) is 0.263. The molecule has 1 fully saturated rings. The zero-order chi connectivity index (χ0) is 18.2. The van der Waals surface area contributed by atoms with Crippen LogP contribution in [0, 0.1) is 6.26 Å². The summed E-state index contributed by atoms with van der Waals surface area (Å²) in [5.41, 5.74) is 10.5. The normalized spacial score (nSPS) is 15.4. The average Bonchev–Trinajstić information content (AvgIpc) is 3.38. The molecular weight excluding hydrogens is 342 g/mol. The number of rotatable bonds is 3. The van der Waals surface area contributed by atoms with Crippen molar-refractivity contribution in [3.05, 3.63) is 42.9 Å². The van der Waals surface area contributed by atoms with Gasteiger partial charge < -0.3 is 15.6 Å². The van der Waals surface area contributed by atoms with Gasteiger partial charge in [-0.25, -0.2) is 14.6 Å². The van der Waals surface area contributed by atoms with Crippen LogP contribution in [0.25, 0.3) is 33.5 Å². The third-order valence-corrected chi connectivity index (χ3v) is 5.02. The van der Waals surface area contributed by atoms with Crippen molar-refractivity contribution in [3.63, 3.8) is 0 Å². The maximum absolute atomic E-state index is 6.20. The van der Waals surface area contributed by atoms with Crippen LogP contribution in [0.3, 0.4) is 0 Å². The quantitative estimate of drug-likeness (QED) is 0.578. The first-order chi connectivity index (χ1) is 13.3. The van der Waals surface area contributed by atoms with Gasteiger partial charge in [-0.05, 0) is 25.9 Å². The molecule has 0 aliphatic carbocycles. The molecular formula is C19H18N7O. The molecule has 0 amide bonds. The Morgan fingerprint density at radius 3 is 2.63 bits per heavy atom. The first-order valence-electron chi connectivity index (χ1n) is 8.94. The average molecular weight is 360 g/mol. The predicted octanol–water partition coefficient (Wildman–Crippen LogP) is 2.46. The molecule has 8 heteroatoms. The van der Waals surface area contributed by atoms with E-state index in [0.717, 1.165) is 59.5 Å². The molecule has 1 aliphatic rings. The van der Waals surface area contributed by atoms with Crippen LogP contribution in [0.2, 0.25) is 0 Å². The molecule has 1 saturated heterocycles. The van der Waals surface area contributed by atoms with Crippen LogP contribution in [0.5, 0.6) is 0 Å². The molecule has 1 aromatic carbocycles. The first kappa shape index (κ1) is 16.0. The van der Waals surface area contributed by atoms with Gasteiger partial charge in [-0.2, -0.15) is 5.10 Å². The van der Waals surface area contributed by atoms with Gasteiger partial charge in [0, 0.05) is 17.2 Å². The zero-order valence-electron chi connectivity index (χ0n) is 14.6. The van der Waals surface area contributed by atoms with E-state index in [0.29, 0.717) is 11.9 Å². The number of nitrogens with one attached hydrogen (secondary N) is 1. The number of anilines is 1. The number of nitrogens with zero attached hydrogens (tertiary/aromatic N) is 5. The highest BCUT2D eigenvalue weighted by molar-refractivity contribution is 5.98. The molecule has 135 valence electrons. The van der Waals surface area contributed by atoms with E-state index in [1.807, 2.05) is 28.9 Å². The second kappa shape index (κ2) is 6.48. The van der Waals surface area contributed by atoms with E-state index < -0.39 is 0 Å². The second-order valence-corrected chi connectivity index (χ2v) is 6.64. The summed E-state index contributed by atoms with van der Waals surface area (Å²) in [4.78, 5) is 8.67. The SMILES string of the molecule is Nc1ncnc2c1c(-c1ccc(-c3c[c]on3)cc1)nn2C1CCNCC1. The minimum absolute atomic E-state index is 0.307. The van der Waals surface area contributed by atoms with E-state index in [1.54, 1.807) is 6.07 Å². The number of aromatic nitrogens is 5. The van der Waals surface area contributed by atoms with Gasteiger partial charge in [-0.15, -0.1) is 0 Å². The van der Waals surface area contributed by atoms with E-state index in [1.165, 1.54) is 6.33 Å². The predicted molar refractivity (Wildman–Crippen MR) is 101 cm³/mol. The van der Waals surface area contributed by atoms with Crippen molar-refractivity contribution < 1.29 is 4.52 Å². The third-order valence-electron chi connectivity index (χ3n) is 5.02. The van der Waals surface area contributed by atoms with Gasteiger partial charge in [0.05, 0.1) is 11.4 Å². The van der Waals surface area contributed by atoms with Gasteiger partial charge in [0.2, 0.25) is 6.26 Å². The maximum atomic E-state index is 6.20. The third kappa shape index (κ3) is 2.74. The van der Waals surface area contributed by atoms with Gasteiger partial charge in [-0.1, -0.05) is 29.4 Å². The Hall–Kier alpha value is -3.26. The molecule has 0 spiro atoms. The topological polar surface area (TPSA) is 108 Å². The summed E-state index contributed by atoms with van der Waals surface area (Å²) in [5, 5.41) is 13.0. The highest BCUT2D eigenvalue weighted by atomic mass is 16.5. The Balaban J connectivity index is 1.62. The molecule has 3 N–H and O–H groups in total. The van der Waals surface area contributed by atoms with Crippen LogP contribution in [-0.4, -0.2) is 38.0 Å². The van der Waals surface area contributed by atoms with Crippen molar-refractivity contribution >= 4 is 16.9 Å². The van der Waals surface area contributed by atoms with Crippen molar-refractivity contribution in [1.82, 2.24) is 30.2 Å². The molecule has 4 aromatic rings. The summed E-state index contributed by atoms with van der Waals surface area (Å²) in [6.07, 6.45) is 6.14. The van der Waals surface area contributed by atoms with Gasteiger partial charge in [0.1, 0.15) is 23.5 Å². The summed E-state index contributed by atoms with van der Waals surface area (Å²) < 4.78 is 6.82. The van der Waals surface area contributed by atoms with E-state index >= 15 is 0 Å². The van der Waals surface area contributed by atoms with Crippen molar-refractivity contribution in [1.29, 1.82) is 0 Å². The number of nitrogens with two attached hydrogens (primary N) is 1. The van der Waals surface area contributed by atoms with Gasteiger partial charge in [0.25, 0.3) is 0 Å². The molecule has 0 bridgehead atoms. The molecule has 0 unspecified atom stereocenters.